The van der Waals surface area contributed by atoms with Crippen molar-refractivity contribution in [2.45, 2.75) is 19.0 Å². The van der Waals surface area contributed by atoms with Gasteiger partial charge in [-0.15, -0.1) is 0 Å². The highest BCUT2D eigenvalue weighted by molar-refractivity contribution is 5.74. The van der Waals surface area contributed by atoms with Gasteiger partial charge >= 0.3 is 5.97 Å². The second-order valence-corrected chi connectivity index (χ2v) is 4.52. The molecule has 4 nitrogen and oxygen atoms in total. The van der Waals surface area contributed by atoms with Crippen molar-refractivity contribution in [3.05, 3.63) is 35.6 Å². The maximum Gasteiger partial charge on any atom is 0.322 e. The minimum Gasteiger partial charge on any atom is -0.480 e. The Bertz CT molecular complexity index is 422. The van der Waals surface area contributed by atoms with E-state index in [2.05, 4.69) is 5.32 Å². The van der Waals surface area contributed by atoms with Crippen molar-refractivity contribution in [3.8, 4) is 0 Å². The molecule has 1 aliphatic rings. The molecule has 2 N–H and O–H groups in total. The summed E-state index contributed by atoms with van der Waals surface area (Å²) in [5.74, 6) is -1.10. The van der Waals surface area contributed by atoms with Gasteiger partial charge in [0, 0.05) is 25.7 Å². The molecule has 1 heterocycles. The number of carbonyl (C=O) groups is 1. The summed E-state index contributed by atoms with van der Waals surface area (Å²) in [5, 5.41) is 12.3. The summed E-state index contributed by atoms with van der Waals surface area (Å²) in [6.07, 6.45) is 0. The SMILES string of the molecule is CC(c1ccc(F)cc1)N1CCNCC1C(=O)O. The first-order chi connectivity index (χ1) is 8.59. The van der Waals surface area contributed by atoms with Gasteiger partial charge in [0.15, 0.2) is 0 Å². The molecule has 98 valence electrons. The minimum absolute atomic E-state index is 0.0335. The molecule has 0 aromatic heterocycles. The van der Waals surface area contributed by atoms with E-state index in [1.54, 1.807) is 12.1 Å². The Labute approximate surface area is 105 Å². The van der Waals surface area contributed by atoms with Gasteiger partial charge < -0.3 is 10.4 Å². The van der Waals surface area contributed by atoms with Crippen LogP contribution in [0.1, 0.15) is 18.5 Å². The predicted molar refractivity (Wildman–Crippen MR) is 65.8 cm³/mol. The minimum atomic E-state index is -0.823. The number of piperazine rings is 1. The molecule has 18 heavy (non-hydrogen) atoms. The maximum atomic E-state index is 12.9. The summed E-state index contributed by atoms with van der Waals surface area (Å²) in [5.41, 5.74) is 0.935. The van der Waals surface area contributed by atoms with E-state index in [0.717, 1.165) is 12.1 Å². The highest BCUT2D eigenvalue weighted by Gasteiger charge is 2.31. The number of carboxylic acids is 1. The monoisotopic (exact) mass is 252 g/mol. The van der Waals surface area contributed by atoms with E-state index in [-0.39, 0.29) is 11.9 Å². The van der Waals surface area contributed by atoms with Crippen molar-refractivity contribution >= 4 is 5.97 Å². The number of nitrogens with one attached hydrogen (secondary N) is 1. The molecular weight excluding hydrogens is 235 g/mol. The van der Waals surface area contributed by atoms with Crippen LogP contribution in [0, 0.1) is 5.82 Å². The van der Waals surface area contributed by atoms with Crippen LogP contribution in [0.4, 0.5) is 4.39 Å². The molecule has 5 heteroatoms. The molecular formula is C13H17FN2O2. The van der Waals surface area contributed by atoms with Crippen molar-refractivity contribution in [2.75, 3.05) is 19.6 Å². The average Bonchev–Trinajstić information content (AvgIpc) is 2.39. The first-order valence-electron chi connectivity index (χ1n) is 6.04. The maximum absolute atomic E-state index is 12.9. The highest BCUT2D eigenvalue weighted by Crippen LogP contribution is 2.23. The molecule has 0 aliphatic carbocycles. The number of benzene rings is 1. The second kappa shape index (κ2) is 5.46. The van der Waals surface area contributed by atoms with E-state index in [1.807, 2.05) is 11.8 Å². The molecule has 0 spiro atoms. The fraction of sp³-hybridized carbons (Fsp3) is 0.462. The van der Waals surface area contributed by atoms with E-state index >= 15 is 0 Å². The number of nitrogens with zero attached hydrogens (tertiary/aromatic N) is 1. The van der Waals surface area contributed by atoms with Crippen molar-refractivity contribution in [1.29, 1.82) is 0 Å². The van der Waals surface area contributed by atoms with Crippen LogP contribution < -0.4 is 5.32 Å². The quantitative estimate of drug-likeness (QED) is 0.850. The van der Waals surface area contributed by atoms with Crippen LogP contribution in [-0.4, -0.2) is 41.7 Å². The third kappa shape index (κ3) is 2.68. The van der Waals surface area contributed by atoms with Crippen molar-refractivity contribution < 1.29 is 14.3 Å². The van der Waals surface area contributed by atoms with Gasteiger partial charge in [0.1, 0.15) is 11.9 Å². The molecule has 1 aromatic carbocycles. The summed E-state index contributed by atoms with van der Waals surface area (Å²) in [6, 6.07) is 5.67. The van der Waals surface area contributed by atoms with Gasteiger partial charge in [0.05, 0.1) is 0 Å². The Hall–Kier alpha value is -1.46. The number of carboxylic acid groups (broad SMARTS) is 1. The summed E-state index contributed by atoms with van der Waals surface area (Å²) in [6.45, 7) is 3.85. The van der Waals surface area contributed by atoms with Crippen LogP contribution in [0.3, 0.4) is 0 Å². The summed E-state index contributed by atoms with van der Waals surface area (Å²) in [7, 11) is 0. The van der Waals surface area contributed by atoms with E-state index in [9.17, 15) is 14.3 Å². The van der Waals surface area contributed by atoms with Crippen LogP contribution in [0.15, 0.2) is 24.3 Å². The van der Waals surface area contributed by atoms with E-state index < -0.39 is 12.0 Å². The molecule has 1 saturated heterocycles. The number of hydrogen-bond acceptors (Lipinski definition) is 3. The van der Waals surface area contributed by atoms with E-state index in [1.165, 1.54) is 12.1 Å². The Morgan fingerprint density at radius 3 is 2.78 bits per heavy atom. The lowest BCUT2D eigenvalue weighted by Gasteiger charge is -2.38. The van der Waals surface area contributed by atoms with Gasteiger partial charge in [0.25, 0.3) is 0 Å². The molecule has 1 aliphatic heterocycles. The highest BCUT2D eigenvalue weighted by atomic mass is 19.1. The molecule has 2 unspecified atom stereocenters. The molecule has 0 radical (unpaired) electrons. The Morgan fingerprint density at radius 2 is 2.17 bits per heavy atom. The standard InChI is InChI=1S/C13H17FN2O2/c1-9(10-2-4-11(14)5-3-10)16-7-6-15-8-12(16)13(17)18/h2-5,9,12,15H,6-8H2,1H3,(H,17,18). The molecule has 2 atom stereocenters. The lowest BCUT2D eigenvalue weighted by molar-refractivity contribution is -0.145. The van der Waals surface area contributed by atoms with E-state index in [0.29, 0.717) is 13.1 Å². The summed E-state index contributed by atoms with van der Waals surface area (Å²) < 4.78 is 12.9. The Kier molecular flexibility index (Phi) is 3.93. The largest absolute Gasteiger partial charge is 0.480 e. The molecule has 0 bridgehead atoms. The zero-order chi connectivity index (χ0) is 13.1. The molecule has 2 rings (SSSR count). The second-order valence-electron chi connectivity index (χ2n) is 4.52. The number of hydrogen-bond donors (Lipinski definition) is 2. The van der Waals surface area contributed by atoms with Crippen molar-refractivity contribution in [1.82, 2.24) is 10.2 Å². The third-order valence-electron chi connectivity index (χ3n) is 3.42. The Balaban J connectivity index is 2.17. The van der Waals surface area contributed by atoms with Crippen molar-refractivity contribution in [3.63, 3.8) is 0 Å². The average molecular weight is 252 g/mol. The fourth-order valence-electron chi connectivity index (χ4n) is 2.35. The number of halogens is 1. The van der Waals surface area contributed by atoms with Crippen LogP contribution in [0.25, 0.3) is 0 Å². The first kappa shape index (κ1) is 13.0. The fourth-order valence-corrected chi connectivity index (χ4v) is 2.35. The predicted octanol–water partition coefficient (Wildman–Crippen LogP) is 1.25. The molecule has 0 amide bonds. The van der Waals surface area contributed by atoms with Gasteiger partial charge in [-0.1, -0.05) is 12.1 Å². The topological polar surface area (TPSA) is 52.6 Å². The van der Waals surface area contributed by atoms with Crippen LogP contribution in [0.5, 0.6) is 0 Å². The van der Waals surface area contributed by atoms with Crippen LogP contribution in [-0.2, 0) is 4.79 Å². The lowest BCUT2D eigenvalue weighted by Crippen LogP contribution is -2.55. The summed E-state index contributed by atoms with van der Waals surface area (Å²) in [4.78, 5) is 13.1. The van der Waals surface area contributed by atoms with E-state index in [4.69, 9.17) is 0 Å². The van der Waals surface area contributed by atoms with Crippen LogP contribution in [0.2, 0.25) is 0 Å². The molecule has 1 aromatic rings. The summed E-state index contributed by atoms with van der Waals surface area (Å²) >= 11 is 0. The molecule has 1 fully saturated rings. The first-order valence-corrected chi connectivity index (χ1v) is 6.04. The van der Waals surface area contributed by atoms with Gasteiger partial charge in [-0.2, -0.15) is 0 Å². The smallest absolute Gasteiger partial charge is 0.322 e. The molecule has 0 saturated carbocycles. The third-order valence-corrected chi connectivity index (χ3v) is 3.42. The van der Waals surface area contributed by atoms with Gasteiger partial charge in [0.2, 0.25) is 0 Å². The van der Waals surface area contributed by atoms with Gasteiger partial charge in [-0.05, 0) is 24.6 Å². The van der Waals surface area contributed by atoms with Crippen molar-refractivity contribution in [2.24, 2.45) is 0 Å². The lowest BCUT2D eigenvalue weighted by atomic mass is 10.0. The normalized spacial score (nSPS) is 22.7. The Morgan fingerprint density at radius 1 is 1.50 bits per heavy atom. The number of rotatable bonds is 3. The van der Waals surface area contributed by atoms with Gasteiger partial charge in [-0.25, -0.2) is 4.39 Å². The van der Waals surface area contributed by atoms with Gasteiger partial charge in [-0.3, -0.25) is 9.69 Å². The van der Waals surface area contributed by atoms with Crippen LogP contribution >= 0.6 is 0 Å². The zero-order valence-electron chi connectivity index (χ0n) is 10.3. The zero-order valence-corrected chi connectivity index (χ0v) is 10.3. The number of aliphatic carboxylic acids is 1.